The number of ether oxygens (including phenoxy) is 1. The number of nitrogens with one attached hydrogen (secondary N) is 1. The van der Waals surface area contributed by atoms with Gasteiger partial charge in [-0.05, 0) is 18.8 Å². The van der Waals surface area contributed by atoms with Gasteiger partial charge >= 0.3 is 0 Å². The lowest BCUT2D eigenvalue weighted by Gasteiger charge is -2.25. The van der Waals surface area contributed by atoms with Crippen LogP contribution in [0.4, 0.5) is 0 Å². The molecule has 2 rings (SSSR count). The number of nitrogens with zero attached hydrogens (tertiary/aromatic N) is 1. The summed E-state index contributed by atoms with van der Waals surface area (Å²) >= 11 is 0. The van der Waals surface area contributed by atoms with Crippen molar-refractivity contribution in [2.75, 3.05) is 20.3 Å². The van der Waals surface area contributed by atoms with E-state index in [0.29, 0.717) is 43.0 Å². The summed E-state index contributed by atoms with van der Waals surface area (Å²) in [4.78, 5) is 13.9. The second-order valence-electron chi connectivity index (χ2n) is 5.65. The molecule has 17 heavy (non-hydrogen) atoms. The summed E-state index contributed by atoms with van der Waals surface area (Å²) in [6.45, 7) is 5.97. The Hall–Kier alpha value is -0.610. The number of carbonyl (C=O) groups is 1. The molecule has 0 radical (unpaired) electrons. The van der Waals surface area contributed by atoms with Gasteiger partial charge in [-0.2, -0.15) is 0 Å². The number of carbonyl (C=O) groups excluding carboxylic acids is 1. The maximum Gasteiger partial charge on any atom is 0.224 e. The van der Waals surface area contributed by atoms with E-state index in [1.54, 1.807) is 7.11 Å². The summed E-state index contributed by atoms with van der Waals surface area (Å²) in [6.07, 6.45) is 3.05. The smallest absolute Gasteiger partial charge is 0.224 e. The first-order chi connectivity index (χ1) is 8.11. The Balaban J connectivity index is 1.84. The molecule has 4 nitrogen and oxygen atoms in total. The first kappa shape index (κ1) is 12.8. The van der Waals surface area contributed by atoms with E-state index in [1.165, 1.54) is 12.8 Å². The zero-order valence-corrected chi connectivity index (χ0v) is 11.1. The maximum atomic E-state index is 11.8. The highest BCUT2D eigenvalue weighted by Gasteiger charge is 2.39. The molecule has 1 amide bonds. The van der Waals surface area contributed by atoms with Gasteiger partial charge in [-0.15, -0.1) is 0 Å². The van der Waals surface area contributed by atoms with Crippen molar-refractivity contribution in [3.63, 3.8) is 0 Å². The number of likely N-dealkylation sites (tertiary alicyclic amines) is 1. The first-order valence-corrected chi connectivity index (χ1v) is 6.66. The van der Waals surface area contributed by atoms with Crippen LogP contribution in [0, 0.1) is 5.92 Å². The monoisotopic (exact) mass is 240 g/mol. The number of amides is 1. The minimum Gasteiger partial charge on any atom is -0.383 e. The lowest BCUT2D eigenvalue weighted by molar-refractivity contribution is -0.128. The highest BCUT2D eigenvalue weighted by atomic mass is 16.5. The fourth-order valence-corrected chi connectivity index (χ4v) is 2.50. The summed E-state index contributed by atoms with van der Waals surface area (Å²) in [5, 5.41) is 3.57. The number of hydrogen-bond acceptors (Lipinski definition) is 3. The molecular formula is C13H24N2O2. The van der Waals surface area contributed by atoms with Crippen molar-refractivity contribution in [3.8, 4) is 0 Å². The molecule has 0 aromatic carbocycles. The number of hydrogen-bond donors (Lipinski definition) is 1. The van der Waals surface area contributed by atoms with Gasteiger partial charge < -0.3 is 15.0 Å². The van der Waals surface area contributed by atoms with Gasteiger partial charge in [0, 0.05) is 38.2 Å². The molecule has 1 aliphatic carbocycles. The number of methoxy groups -OCH3 is 1. The fourth-order valence-electron chi connectivity index (χ4n) is 2.50. The molecule has 2 aliphatic rings. The SMILES string of the molecule is COC[C@H](N[C@H]1CC(=O)N(C2CC2)C1)C(C)C. The van der Waals surface area contributed by atoms with E-state index in [9.17, 15) is 4.79 Å². The van der Waals surface area contributed by atoms with Crippen molar-refractivity contribution < 1.29 is 9.53 Å². The molecule has 2 atom stereocenters. The van der Waals surface area contributed by atoms with Crippen molar-refractivity contribution in [2.24, 2.45) is 5.92 Å². The predicted octanol–water partition coefficient (Wildman–Crippen LogP) is 1.01. The lowest BCUT2D eigenvalue weighted by Crippen LogP contribution is -2.45. The highest BCUT2D eigenvalue weighted by molar-refractivity contribution is 5.80. The molecule has 1 saturated heterocycles. The average Bonchev–Trinajstić information content (AvgIpc) is 3.03. The maximum absolute atomic E-state index is 11.8. The largest absolute Gasteiger partial charge is 0.383 e. The molecule has 1 aliphatic heterocycles. The average molecular weight is 240 g/mol. The van der Waals surface area contributed by atoms with Crippen LogP contribution in [0.2, 0.25) is 0 Å². The Bertz CT molecular complexity index is 277. The van der Waals surface area contributed by atoms with Gasteiger partial charge in [-0.3, -0.25) is 4.79 Å². The van der Waals surface area contributed by atoms with Crippen LogP contribution in [0.3, 0.4) is 0 Å². The third-order valence-electron chi connectivity index (χ3n) is 3.75. The van der Waals surface area contributed by atoms with E-state index in [-0.39, 0.29) is 0 Å². The van der Waals surface area contributed by atoms with Gasteiger partial charge in [-0.25, -0.2) is 0 Å². The highest BCUT2D eigenvalue weighted by Crippen LogP contribution is 2.30. The zero-order chi connectivity index (χ0) is 12.4. The molecule has 2 fully saturated rings. The van der Waals surface area contributed by atoms with Gasteiger partial charge in [0.15, 0.2) is 0 Å². The molecule has 0 aromatic rings. The van der Waals surface area contributed by atoms with Crippen LogP contribution >= 0.6 is 0 Å². The van der Waals surface area contributed by atoms with E-state index in [0.717, 1.165) is 6.54 Å². The molecule has 1 N–H and O–H groups in total. The summed E-state index contributed by atoms with van der Waals surface area (Å²) in [7, 11) is 1.73. The fraction of sp³-hybridized carbons (Fsp3) is 0.923. The normalized spacial score (nSPS) is 26.9. The Morgan fingerprint density at radius 2 is 2.18 bits per heavy atom. The quantitative estimate of drug-likeness (QED) is 0.753. The standard InChI is InChI=1S/C13H24N2O2/c1-9(2)12(8-17-3)14-10-6-13(16)15(7-10)11-4-5-11/h9-12,14H,4-8H2,1-3H3/t10-,12-/m0/s1. The van der Waals surface area contributed by atoms with Crippen molar-refractivity contribution in [1.29, 1.82) is 0 Å². The van der Waals surface area contributed by atoms with E-state index in [1.807, 2.05) is 0 Å². The summed E-state index contributed by atoms with van der Waals surface area (Å²) in [6, 6.07) is 1.21. The van der Waals surface area contributed by atoms with Gasteiger partial charge in [-0.1, -0.05) is 13.8 Å². The molecule has 1 saturated carbocycles. The van der Waals surface area contributed by atoms with E-state index < -0.39 is 0 Å². The molecule has 1 heterocycles. The topological polar surface area (TPSA) is 41.6 Å². The molecule has 98 valence electrons. The predicted molar refractivity (Wildman–Crippen MR) is 66.8 cm³/mol. The van der Waals surface area contributed by atoms with E-state index in [2.05, 4.69) is 24.1 Å². The van der Waals surface area contributed by atoms with Crippen molar-refractivity contribution in [3.05, 3.63) is 0 Å². The molecule has 0 bridgehead atoms. The third kappa shape index (κ3) is 3.19. The van der Waals surface area contributed by atoms with Crippen molar-refractivity contribution in [1.82, 2.24) is 10.2 Å². The van der Waals surface area contributed by atoms with Gasteiger partial charge in [0.25, 0.3) is 0 Å². The molecule has 0 unspecified atom stereocenters. The molecule has 0 aromatic heterocycles. The summed E-state index contributed by atoms with van der Waals surface area (Å²) in [5.74, 6) is 0.852. The third-order valence-corrected chi connectivity index (χ3v) is 3.75. The van der Waals surface area contributed by atoms with Gasteiger partial charge in [0.1, 0.15) is 0 Å². The summed E-state index contributed by atoms with van der Waals surface area (Å²) < 4.78 is 5.23. The van der Waals surface area contributed by atoms with E-state index >= 15 is 0 Å². The van der Waals surface area contributed by atoms with Gasteiger partial charge in [0.05, 0.1) is 6.61 Å². The lowest BCUT2D eigenvalue weighted by atomic mass is 10.0. The van der Waals surface area contributed by atoms with Crippen LogP contribution in [0.15, 0.2) is 0 Å². The summed E-state index contributed by atoms with van der Waals surface area (Å²) in [5.41, 5.74) is 0. The zero-order valence-electron chi connectivity index (χ0n) is 11.1. The van der Waals surface area contributed by atoms with Crippen LogP contribution < -0.4 is 5.32 Å². The number of rotatable bonds is 6. The second kappa shape index (κ2) is 5.36. The van der Waals surface area contributed by atoms with Crippen LogP contribution in [0.1, 0.15) is 33.1 Å². The van der Waals surface area contributed by atoms with Crippen LogP contribution in [0.5, 0.6) is 0 Å². The molecule has 0 spiro atoms. The van der Waals surface area contributed by atoms with Crippen LogP contribution in [-0.2, 0) is 9.53 Å². The Labute approximate surface area is 104 Å². The Morgan fingerprint density at radius 3 is 2.71 bits per heavy atom. The Kier molecular flexibility index (Phi) is 4.05. The molecule has 4 heteroatoms. The van der Waals surface area contributed by atoms with Crippen molar-refractivity contribution >= 4 is 5.91 Å². The first-order valence-electron chi connectivity index (χ1n) is 6.66. The van der Waals surface area contributed by atoms with Crippen LogP contribution in [0.25, 0.3) is 0 Å². The van der Waals surface area contributed by atoms with Crippen molar-refractivity contribution in [2.45, 2.75) is 51.2 Å². The van der Waals surface area contributed by atoms with Gasteiger partial charge in [0.2, 0.25) is 5.91 Å². The second-order valence-corrected chi connectivity index (χ2v) is 5.65. The van der Waals surface area contributed by atoms with Crippen LogP contribution in [-0.4, -0.2) is 49.2 Å². The minimum atomic E-state index is 0.311. The Morgan fingerprint density at radius 1 is 1.47 bits per heavy atom. The minimum absolute atomic E-state index is 0.311. The van der Waals surface area contributed by atoms with E-state index in [4.69, 9.17) is 4.74 Å². The molecular weight excluding hydrogens is 216 g/mol.